The van der Waals surface area contributed by atoms with E-state index in [1.165, 1.54) is 44.5 Å². The summed E-state index contributed by atoms with van der Waals surface area (Å²) >= 11 is 0. The highest BCUT2D eigenvalue weighted by atomic mass is 16.7. The van der Waals surface area contributed by atoms with Crippen molar-refractivity contribution in [1.82, 2.24) is 30.0 Å². The first-order chi connectivity index (χ1) is 34.2. The summed E-state index contributed by atoms with van der Waals surface area (Å²) in [5, 5.41) is 19.1. The van der Waals surface area contributed by atoms with Gasteiger partial charge in [-0.25, -0.2) is 0 Å². The molecule has 0 amide bonds. The molecule has 2 saturated heterocycles. The van der Waals surface area contributed by atoms with Gasteiger partial charge in [-0.1, -0.05) is 138 Å². The van der Waals surface area contributed by atoms with Crippen LogP contribution in [0.15, 0.2) is 85.2 Å². The molecule has 0 unspecified atom stereocenters. The maximum absolute atomic E-state index is 6.56. The van der Waals surface area contributed by atoms with Crippen LogP contribution >= 0.6 is 0 Å². The molecule has 2 aliphatic heterocycles. The molecule has 6 aromatic rings. The van der Waals surface area contributed by atoms with Crippen molar-refractivity contribution in [1.29, 1.82) is 0 Å². The molecule has 0 spiro atoms. The summed E-state index contributed by atoms with van der Waals surface area (Å²) in [6, 6.07) is 27.7. The zero-order chi connectivity index (χ0) is 51.2. The van der Waals surface area contributed by atoms with E-state index in [9.17, 15) is 0 Å². The summed E-state index contributed by atoms with van der Waals surface area (Å²) in [5.74, 6) is 0. The molecule has 0 radical (unpaired) electrons. The predicted molar refractivity (Wildman–Crippen MR) is 293 cm³/mol. The smallest absolute Gasteiger partial charge is 0.399 e. The van der Waals surface area contributed by atoms with E-state index in [1.54, 1.807) is 0 Å². The second-order valence-electron chi connectivity index (χ2n) is 24.2. The van der Waals surface area contributed by atoms with Crippen LogP contribution in [0, 0.1) is 5.41 Å². The lowest BCUT2D eigenvalue weighted by molar-refractivity contribution is 0.00578. The first-order valence-corrected chi connectivity index (χ1v) is 27.3. The van der Waals surface area contributed by atoms with Gasteiger partial charge in [-0.05, 0) is 155 Å². The molecule has 10 rings (SSSR count). The van der Waals surface area contributed by atoms with Crippen LogP contribution < -0.4 is 10.9 Å². The molecule has 2 fully saturated rings. The van der Waals surface area contributed by atoms with Crippen LogP contribution in [0.1, 0.15) is 177 Å². The average molecular weight is 969 g/mol. The largest absolute Gasteiger partial charge is 0.494 e. The number of hydrogen-bond donors (Lipinski definition) is 0. The Bertz CT molecular complexity index is 2770. The van der Waals surface area contributed by atoms with Gasteiger partial charge in [-0.3, -0.25) is 9.36 Å². The minimum Gasteiger partial charge on any atom is -0.399 e. The molecular weight excluding hydrogens is 890 g/mol. The molecule has 4 heterocycles. The minimum absolute atomic E-state index is 0.115. The average Bonchev–Trinajstić information content (AvgIpc) is 4.17. The molecule has 2 aromatic heterocycles. The summed E-state index contributed by atoms with van der Waals surface area (Å²) < 4.78 is 30.3. The lowest BCUT2D eigenvalue weighted by atomic mass is 9.69. The van der Waals surface area contributed by atoms with Gasteiger partial charge in [0.25, 0.3) is 0 Å². The highest BCUT2D eigenvalue weighted by Crippen LogP contribution is 2.56. The quantitative estimate of drug-likeness (QED) is 0.0834. The van der Waals surface area contributed by atoms with Crippen LogP contribution in [-0.4, -0.2) is 66.6 Å². The van der Waals surface area contributed by atoms with Crippen molar-refractivity contribution in [2.45, 2.75) is 201 Å². The van der Waals surface area contributed by atoms with Crippen LogP contribution in [0.4, 0.5) is 0 Å². The molecule has 4 aliphatic rings. The fraction of sp³-hybridized carbons (Fsp3) is 0.533. The third-order valence-corrected chi connectivity index (χ3v) is 18.1. The molecular formula is C60H78B2N6O4. The van der Waals surface area contributed by atoms with E-state index in [1.807, 2.05) is 9.36 Å². The summed E-state index contributed by atoms with van der Waals surface area (Å²) in [5.41, 5.74) is 15.0. The molecule has 2 aliphatic carbocycles. The molecule has 0 saturated carbocycles. The van der Waals surface area contributed by atoms with E-state index in [-0.39, 0.29) is 16.2 Å². The lowest BCUT2D eigenvalue weighted by Crippen LogP contribution is -2.41. The topological polar surface area (TPSA) is 98.3 Å². The van der Waals surface area contributed by atoms with Crippen LogP contribution in [0.2, 0.25) is 0 Å². The Balaban J connectivity index is 0.885. The monoisotopic (exact) mass is 969 g/mol. The van der Waals surface area contributed by atoms with Crippen molar-refractivity contribution in [2.75, 3.05) is 0 Å². The Morgan fingerprint density at radius 3 is 1.10 bits per heavy atom. The standard InChI is InChI=1S/C60H78B2N6O4/c1-15-28-59(29-16-2)48-32-40(20-24-44(48)46-26-22-42(34-50(46)59)61-69-54(6,7)55(8,9)70-61)52-36-67(65-63-52)38-58(14,19-5)39-68-37-53(64-66-68)41-21-25-45-47-27-23-43(62-71-56(10,11)57(12,13)72-62)35-51(47)60(30-17-3,31-18-4)49(45)33-41/h20-27,32-37H,15-19,28-31,38-39H2,1-14H3. The van der Waals surface area contributed by atoms with Crippen molar-refractivity contribution in [3.05, 3.63) is 107 Å². The zero-order valence-electron chi connectivity index (χ0n) is 45.8. The number of rotatable bonds is 17. The summed E-state index contributed by atoms with van der Waals surface area (Å²) in [6.07, 6.45) is 13.8. The van der Waals surface area contributed by atoms with Crippen LogP contribution in [0.3, 0.4) is 0 Å². The van der Waals surface area contributed by atoms with Crippen LogP contribution in [-0.2, 0) is 42.5 Å². The van der Waals surface area contributed by atoms with Gasteiger partial charge in [-0.2, -0.15) is 0 Å². The van der Waals surface area contributed by atoms with Crippen LogP contribution in [0.5, 0.6) is 0 Å². The maximum atomic E-state index is 6.56. The predicted octanol–water partition coefficient (Wildman–Crippen LogP) is 12.7. The van der Waals surface area contributed by atoms with Gasteiger partial charge in [0.05, 0.1) is 34.8 Å². The lowest BCUT2D eigenvalue weighted by Gasteiger charge is -2.32. The zero-order valence-corrected chi connectivity index (χ0v) is 45.8. The molecule has 378 valence electrons. The first kappa shape index (κ1) is 50.7. The third-order valence-electron chi connectivity index (χ3n) is 18.1. The Morgan fingerprint density at radius 1 is 0.458 bits per heavy atom. The van der Waals surface area contributed by atoms with Crippen molar-refractivity contribution < 1.29 is 18.6 Å². The number of hydrogen-bond acceptors (Lipinski definition) is 8. The first-order valence-electron chi connectivity index (χ1n) is 27.3. The van der Waals surface area contributed by atoms with Gasteiger partial charge in [0, 0.05) is 40.5 Å². The SMILES string of the molecule is CCCC1(CCC)c2cc(B3OC(C)(C)C(C)(C)O3)ccc2-c2ccc(-c3cn(CC(C)(CC)Cn4cc(-c5ccc6c(c5)C(CCC)(CCC)c5cc(B7OC(C)(C)C(C)(C)O7)ccc5-6)nn4)nn3)cc21. The molecule has 0 bridgehead atoms. The van der Waals surface area contributed by atoms with Gasteiger partial charge < -0.3 is 18.6 Å². The van der Waals surface area contributed by atoms with E-state index in [0.29, 0.717) is 13.1 Å². The highest BCUT2D eigenvalue weighted by Gasteiger charge is 2.54. The number of fused-ring (bicyclic) bond motifs is 6. The molecule has 4 aromatic carbocycles. The third kappa shape index (κ3) is 8.26. The summed E-state index contributed by atoms with van der Waals surface area (Å²) in [7, 11) is -0.803. The summed E-state index contributed by atoms with van der Waals surface area (Å²) in [6.45, 7) is 32.2. The normalized spacial score (nSPS) is 19.4. The Hall–Kier alpha value is -4.87. The number of nitrogens with zero attached hydrogens (tertiary/aromatic N) is 6. The molecule has 0 atom stereocenters. The van der Waals surface area contributed by atoms with Crippen molar-refractivity contribution in [2.24, 2.45) is 5.41 Å². The van der Waals surface area contributed by atoms with Crippen molar-refractivity contribution in [3.63, 3.8) is 0 Å². The highest BCUT2D eigenvalue weighted by molar-refractivity contribution is 6.62. The number of benzene rings is 4. The van der Waals surface area contributed by atoms with Gasteiger partial charge >= 0.3 is 14.2 Å². The van der Waals surface area contributed by atoms with E-state index < -0.39 is 36.6 Å². The van der Waals surface area contributed by atoms with Crippen LogP contribution in [0.25, 0.3) is 44.8 Å². The van der Waals surface area contributed by atoms with E-state index in [2.05, 4.69) is 182 Å². The molecule has 10 nitrogen and oxygen atoms in total. The second kappa shape index (κ2) is 18.2. The van der Waals surface area contributed by atoms with E-state index in [4.69, 9.17) is 39.2 Å². The van der Waals surface area contributed by atoms with E-state index >= 15 is 0 Å². The van der Waals surface area contributed by atoms with Crippen molar-refractivity contribution >= 4 is 25.2 Å². The fourth-order valence-electron chi connectivity index (χ4n) is 12.7. The van der Waals surface area contributed by atoms with Gasteiger partial charge in [0.2, 0.25) is 0 Å². The summed E-state index contributed by atoms with van der Waals surface area (Å²) in [4.78, 5) is 0. The molecule has 12 heteroatoms. The van der Waals surface area contributed by atoms with E-state index in [0.717, 1.165) is 91.2 Å². The van der Waals surface area contributed by atoms with Gasteiger partial charge in [0.15, 0.2) is 0 Å². The number of aromatic nitrogens is 6. The Labute approximate surface area is 430 Å². The van der Waals surface area contributed by atoms with Gasteiger partial charge in [0.1, 0.15) is 11.4 Å². The van der Waals surface area contributed by atoms with Gasteiger partial charge in [-0.15, -0.1) is 10.2 Å². The Morgan fingerprint density at radius 2 is 0.778 bits per heavy atom. The van der Waals surface area contributed by atoms with Crippen molar-refractivity contribution in [3.8, 4) is 44.8 Å². The molecule has 72 heavy (non-hydrogen) atoms. The maximum Gasteiger partial charge on any atom is 0.494 e. The molecule has 0 N–H and O–H groups in total. The minimum atomic E-state index is -0.401. The Kier molecular flexibility index (Phi) is 12.8. The fourth-order valence-corrected chi connectivity index (χ4v) is 12.7. The second-order valence-corrected chi connectivity index (χ2v) is 24.2.